The zero-order valence-electron chi connectivity index (χ0n) is 13.2. The van der Waals surface area contributed by atoms with Crippen molar-refractivity contribution in [2.45, 2.75) is 32.2 Å². The lowest BCUT2D eigenvalue weighted by atomic mass is 10.1. The summed E-state index contributed by atoms with van der Waals surface area (Å²) in [5, 5.41) is 7.03. The Hall–Kier alpha value is -0.810. The lowest BCUT2D eigenvalue weighted by Gasteiger charge is -2.26. The molecule has 0 spiro atoms. The summed E-state index contributed by atoms with van der Waals surface area (Å²) in [5.74, 6) is 0.0140. The first-order chi connectivity index (χ1) is 10.1. The second-order valence-corrected chi connectivity index (χ2v) is 6.12. The highest BCUT2D eigenvalue weighted by Gasteiger charge is 2.19. The van der Waals surface area contributed by atoms with Crippen LogP contribution in [0.5, 0.6) is 0 Å². The molecule has 1 amide bonds. The summed E-state index contributed by atoms with van der Waals surface area (Å²) >= 11 is 6.07. The molecule has 0 bridgehead atoms. The quantitative estimate of drug-likeness (QED) is 0.881. The number of anilines is 1. The van der Waals surface area contributed by atoms with Gasteiger partial charge >= 0.3 is 0 Å². The number of rotatable bonds is 4. The van der Waals surface area contributed by atoms with E-state index in [4.69, 9.17) is 11.6 Å². The Bertz CT molecular complexity index is 488. The summed E-state index contributed by atoms with van der Waals surface area (Å²) in [6, 6.07) is 6.04. The van der Waals surface area contributed by atoms with Crippen LogP contribution in [0.15, 0.2) is 18.2 Å². The number of carbonyl (C=O) groups is 1. The van der Waals surface area contributed by atoms with E-state index in [2.05, 4.69) is 15.5 Å². The number of likely N-dealkylation sites (N-methyl/N-ethyl adjacent to an activating group) is 1. The van der Waals surface area contributed by atoms with Crippen molar-refractivity contribution in [2.75, 3.05) is 32.0 Å². The van der Waals surface area contributed by atoms with Crippen molar-refractivity contribution in [1.29, 1.82) is 0 Å². The molecule has 4 nitrogen and oxygen atoms in total. The molecule has 1 aliphatic rings. The van der Waals surface area contributed by atoms with Crippen molar-refractivity contribution in [3.8, 4) is 0 Å². The molecule has 22 heavy (non-hydrogen) atoms. The molecule has 1 aromatic rings. The third-order valence-electron chi connectivity index (χ3n) is 4.10. The van der Waals surface area contributed by atoms with E-state index in [-0.39, 0.29) is 18.3 Å². The first-order valence-electron chi connectivity index (χ1n) is 7.54. The van der Waals surface area contributed by atoms with Crippen molar-refractivity contribution in [1.82, 2.24) is 10.2 Å². The number of carbonyl (C=O) groups excluding carboxylic acids is 1. The maximum atomic E-state index is 12.2. The van der Waals surface area contributed by atoms with Crippen molar-refractivity contribution in [3.63, 3.8) is 0 Å². The predicted molar refractivity (Wildman–Crippen MR) is 95.2 cm³/mol. The first kappa shape index (κ1) is 19.2. The molecule has 0 aromatic heterocycles. The molecule has 1 aliphatic heterocycles. The number of nitrogens with one attached hydrogen (secondary N) is 2. The zero-order valence-corrected chi connectivity index (χ0v) is 14.8. The van der Waals surface area contributed by atoms with Gasteiger partial charge in [-0.15, -0.1) is 12.4 Å². The Morgan fingerprint density at radius 2 is 2.18 bits per heavy atom. The summed E-state index contributed by atoms with van der Waals surface area (Å²) in [6.07, 6.45) is 3.41. The average molecular weight is 346 g/mol. The molecule has 0 aliphatic carbocycles. The molecule has 1 unspecified atom stereocenters. The van der Waals surface area contributed by atoms with E-state index in [0.717, 1.165) is 37.2 Å². The second kappa shape index (κ2) is 9.36. The fourth-order valence-corrected chi connectivity index (χ4v) is 2.90. The van der Waals surface area contributed by atoms with Gasteiger partial charge in [0, 0.05) is 16.8 Å². The van der Waals surface area contributed by atoms with Gasteiger partial charge in [0.05, 0.1) is 6.54 Å². The zero-order chi connectivity index (χ0) is 15.2. The van der Waals surface area contributed by atoms with Crippen LogP contribution in [0, 0.1) is 6.92 Å². The van der Waals surface area contributed by atoms with Crippen LogP contribution < -0.4 is 10.6 Å². The van der Waals surface area contributed by atoms with Crippen LogP contribution in [0.1, 0.15) is 24.8 Å². The molecular formula is C16H25Cl2N3O. The van der Waals surface area contributed by atoms with E-state index in [1.165, 1.54) is 6.42 Å². The molecule has 2 rings (SSSR count). The molecule has 124 valence electrons. The Kier molecular flexibility index (Phi) is 8.18. The minimum absolute atomic E-state index is 0. The van der Waals surface area contributed by atoms with Crippen molar-refractivity contribution >= 4 is 35.6 Å². The van der Waals surface area contributed by atoms with Crippen molar-refractivity contribution < 1.29 is 4.79 Å². The summed E-state index contributed by atoms with van der Waals surface area (Å²) in [4.78, 5) is 14.4. The highest BCUT2D eigenvalue weighted by molar-refractivity contribution is 6.31. The molecule has 0 saturated carbocycles. The Morgan fingerprint density at radius 3 is 2.95 bits per heavy atom. The van der Waals surface area contributed by atoms with Gasteiger partial charge in [0.25, 0.3) is 0 Å². The van der Waals surface area contributed by atoms with Crippen LogP contribution in [0.4, 0.5) is 5.69 Å². The number of halogens is 2. The highest BCUT2D eigenvalue weighted by atomic mass is 35.5. The summed E-state index contributed by atoms with van der Waals surface area (Å²) in [6.45, 7) is 4.44. The van der Waals surface area contributed by atoms with E-state index >= 15 is 0 Å². The van der Waals surface area contributed by atoms with Crippen LogP contribution in [0.3, 0.4) is 0 Å². The second-order valence-electron chi connectivity index (χ2n) is 5.71. The number of benzene rings is 1. The lowest BCUT2D eigenvalue weighted by Crippen LogP contribution is -2.38. The summed E-state index contributed by atoms with van der Waals surface area (Å²) in [7, 11) is 2.03. The van der Waals surface area contributed by atoms with Gasteiger partial charge in [-0.1, -0.05) is 17.7 Å². The number of hydrogen-bond donors (Lipinski definition) is 2. The van der Waals surface area contributed by atoms with Gasteiger partial charge in [0.2, 0.25) is 5.91 Å². The molecule has 0 radical (unpaired) electrons. The fourth-order valence-electron chi connectivity index (χ4n) is 2.73. The monoisotopic (exact) mass is 345 g/mol. The third-order valence-corrected chi connectivity index (χ3v) is 4.51. The van der Waals surface area contributed by atoms with Crippen molar-refractivity contribution in [2.24, 2.45) is 0 Å². The van der Waals surface area contributed by atoms with Gasteiger partial charge in [-0.3, -0.25) is 9.69 Å². The summed E-state index contributed by atoms with van der Waals surface area (Å²) in [5.41, 5.74) is 1.71. The van der Waals surface area contributed by atoms with E-state index < -0.39 is 0 Å². The van der Waals surface area contributed by atoms with Crippen LogP contribution in [0.25, 0.3) is 0 Å². The predicted octanol–water partition coefficient (Wildman–Crippen LogP) is 3.08. The van der Waals surface area contributed by atoms with E-state index in [1.54, 1.807) is 0 Å². The van der Waals surface area contributed by atoms with Gasteiger partial charge in [-0.2, -0.15) is 0 Å². The highest BCUT2D eigenvalue weighted by Crippen LogP contribution is 2.23. The average Bonchev–Trinajstić information content (AvgIpc) is 2.73. The van der Waals surface area contributed by atoms with Gasteiger partial charge in [0.1, 0.15) is 0 Å². The van der Waals surface area contributed by atoms with E-state index in [9.17, 15) is 4.79 Å². The molecule has 1 fully saturated rings. The number of amides is 1. The van der Waals surface area contributed by atoms with Crippen LogP contribution >= 0.6 is 24.0 Å². The lowest BCUT2D eigenvalue weighted by molar-refractivity contribution is -0.117. The molecule has 1 saturated heterocycles. The summed E-state index contributed by atoms with van der Waals surface area (Å²) < 4.78 is 0. The van der Waals surface area contributed by atoms with Gasteiger partial charge in [-0.05, 0) is 64.0 Å². The molecule has 1 heterocycles. The van der Waals surface area contributed by atoms with Gasteiger partial charge in [0.15, 0.2) is 0 Å². The third kappa shape index (κ3) is 5.43. The van der Waals surface area contributed by atoms with Crippen LogP contribution in [-0.2, 0) is 4.79 Å². The smallest absolute Gasteiger partial charge is 0.238 e. The fraction of sp³-hybridized carbons (Fsp3) is 0.562. The molecule has 1 atom stereocenters. The molecule has 6 heteroatoms. The minimum Gasteiger partial charge on any atom is -0.325 e. The van der Waals surface area contributed by atoms with Gasteiger partial charge < -0.3 is 10.6 Å². The topological polar surface area (TPSA) is 44.4 Å². The number of nitrogens with zero attached hydrogens (tertiary/aromatic N) is 1. The first-order valence-corrected chi connectivity index (χ1v) is 7.91. The van der Waals surface area contributed by atoms with Crippen LogP contribution in [-0.4, -0.2) is 43.5 Å². The van der Waals surface area contributed by atoms with Crippen LogP contribution in [0.2, 0.25) is 5.02 Å². The Labute approximate surface area is 144 Å². The van der Waals surface area contributed by atoms with Crippen molar-refractivity contribution in [3.05, 3.63) is 28.8 Å². The number of hydrogen-bond acceptors (Lipinski definition) is 3. The Balaban J connectivity index is 0.00000242. The largest absolute Gasteiger partial charge is 0.325 e. The normalized spacial score (nSPS) is 18.5. The maximum Gasteiger partial charge on any atom is 0.238 e. The Morgan fingerprint density at radius 1 is 1.41 bits per heavy atom. The maximum absolute atomic E-state index is 12.2. The SMILES string of the molecule is Cc1c(Cl)cccc1NC(=O)CN(C)C1CCCNCC1.Cl. The minimum atomic E-state index is 0. The molecule has 2 N–H and O–H groups in total. The van der Waals surface area contributed by atoms with E-state index in [0.29, 0.717) is 17.6 Å². The van der Waals surface area contributed by atoms with E-state index in [1.807, 2.05) is 32.2 Å². The molecule has 1 aromatic carbocycles. The molecular weight excluding hydrogens is 321 g/mol. The standard InChI is InChI=1S/C16H24ClN3O.ClH/c1-12-14(17)6-3-7-15(12)19-16(21)11-20(2)13-5-4-9-18-10-8-13;/h3,6-7,13,18H,4-5,8-11H2,1-2H3,(H,19,21);1H. The van der Waals surface area contributed by atoms with Gasteiger partial charge in [-0.25, -0.2) is 0 Å².